The average Bonchev–Trinajstić information content (AvgIpc) is 2.53. The van der Waals surface area contributed by atoms with Gasteiger partial charge in [-0.1, -0.05) is 19.3 Å². The molecule has 4 nitrogen and oxygen atoms in total. The van der Waals surface area contributed by atoms with E-state index in [0.29, 0.717) is 12.1 Å². The summed E-state index contributed by atoms with van der Waals surface area (Å²) in [5.74, 6) is -0.0268. The van der Waals surface area contributed by atoms with Gasteiger partial charge in [-0.3, -0.25) is 9.78 Å². The van der Waals surface area contributed by atoms with Gasteiger partial charge in [0.1, 0.15) is 0 Å². The Labute approximate surface area is 124 Å². The molecule has 1 aliphatic rings. The van der Waals surface area contributed by atoms with Crippen molar-refractivity contribution in [3.63, 3.8) is 0 Å². The number of nitrogens with zero attached hydrogens (tertiary/aromatic N) is 1. The molecule has 5 heteroatoms. The number of hydrogen-bond donors (Lipinski definition) is 2. The molecule has 0 radical (unpaired) electrons. The lowest BCUT2D eigenvalue weighted by atomic mass is 9.88. The second-order valence-electron chi connectivity index (χ2n) is 5.37. The highest BCUT2D eigenvalue weighted by Crippen LogP contribution is 2.37. The maximum Gasteiger partial charge on any atom is 0.251 e. The smallest absolute Gasteiger partial charge is 0.251 e. The number of nitrogens with one attached hydrogen (secondary N) is 1. The normalized spacial score (nSPS) is 17.7. The molecule has 1 fully saturated rings. The molecular weight excluding hydrogens is 270 g/mol. The first-order valence-corrected chi connectivity index (χ1v) is 8.40. The highest BCUT2D eigenvalue weighted by Gasteiger charge is 2.31. The van der Waals surface area contributed by atoms with E-state index in [2.05, 4.69) is 16.6 Å². The van der Waals surface area contributed by atoms with Crippen LogP contribution in [0.1, 0.15) is 48.2 Å². The van der Waals surface area contributed by atoms with E-state index in [9.17, 15) is 4.79 Å². The van der Waals surface area contributed by atoms with E-state index in [1.165, 1.54) is 32.1 Å². The van der Waals surface area contributed by atoms with Crippen molar-refractivity contribution in [1.29, 1.82) is 0 Å². The summed E-state index contributed by atoms with van der Waals surface area (Å²) in [6, 6.07) is 3.50. The largest absolute Gasteiger partial charge is 0.351 e. The van der Waals surface area contributed by atoms with Crippen molar-refractivity contribution < 1.29 is 4.79 Å². The van der Waals surface area contributed by atoms with Crippen molar-refractivity contribution in [3.05, 3.63) is 29.6 Å². The van der Waals surface area contributed by atoms with Crippen molar-refractivity contribution in [2.24, 2.45) is 5.73 Å². The van der Waals surface area contributed by atoms with Crippen molar-refractivity contribution in [1.82, 2.24) is 10.3 Å². The van der Waals surface area contributed by atoms with Gasteiger partial charge in [-0.15, -0.1) is 0 Å². The first-order chi connectivity index (χ1) is 9.69. The van der Waals surface area contributed by atoms with E-state index in [0.717, 1.165) is 12.2 Å². The zero-order chi connectivity index (χ0) is 14.4. The molecule has 0 aromatic carbocycles. The van der Waals surface area contributed by atoms with Gasteiger partial charge in [-0.25, -0.2) is 0 Å². The van der Waals surface area contributed by atoms with Gasteiger partial charge < -0.3 is 11.1 Å². The summed E-state index contributed by atoms with van der Waals surface area (Å²) < 4.78 is 0.220. The third-order valence-electron chi connectivity index (χ3n) is 4.06. The van der Waals surface area contributed by atoms with Gasteiger partial charge in [0.05, 0.1) is 5.69 Å². The Balaban J connectivity index is 1.96. The Morgan fingerprint density at radius 3 is 2.85 bits per heavy atom. The van der Waals surface area contributed by atoms with Crippen molar-refractivity contribution >= 4 is 17.7 Å². The summed E-state index contributed by atoms with van der Waals surface area (Å²) in [5, 5.41) is 3.08. The van der Waals surface area contributed by atoms with Crippen LogP contribution in [0, 0.1) is 0 Å². The minimum absolute atomic E-state index is 0.0268. The molecule has 1 heterocycles. The highest BCUT2D eigenvalue weighted by atomic mass is 32.2. The third-order valence-corrected chi connectivity index (χ3v) is 5.48. The van der Waals surface area contributed by atoms with Gasteiger partial charge in [0.15, 0.2) is 0 Å². The summed E-state index contributed by atoms with van der Waals surface area (Å²) >= 11 is 1.89. The van der Waals surface area contributed by atoms with Gasteiger partial charge in [0.25, 0.3) is 5.91 Å². The minimum Gasteiger partial charge on any atom is -0.351 e. The van der Waals surface area contributed by atoms with Crippen LogP contribution in [0.25, 0.3) is 0 Å². The zero-order valence-electron chi connectivity index (χ0n) is 12.0. The molecule has 3 N–H and O–H groups in total. The van der Waals surface area contributed by atoms with Crippen LogP contribution in [0.3, 0.4) is 0 Å². The van der Waals surface area contributed by atoms with Crippen LogP contribution < -0.4 is 11.1 Å². The second-order valence-corrected chi connectivity index (χ2v) is 6.64. The number of thioether (sulfide) groups is 1. The van der Waals surface area contributed by atoms with Gasteiger partial charge in [0.2, 0.25) is 0 Å². The van der Waals surface area contributed by atoms with E-state index in [4.69, 9.17) is 5.73 Å². The lowest BCUT2D eigenvalue weighted by Crippen LogP contribution is -2.41. The highest BCUT2D eigenvalue weighted by molar-refractivity contribution is 8.00. The van der Waals surface area contributed by atoms with Crippen LogP contribution in [0.4, 0.5) is 0 Å². The Bertz CT molecular complexity index is 458. The summed E-state index contributed by atoms with van der Waals surface area (Å²) in [4.78, 5) is 16.3. The number of rotatable bonds is 5. The summed E-state index contributed by atoms with van der Waals surface area (Å²) in [5.41, 5.74) is 6.95. The predicted molar refractivity (Wildman–Crippen MR) is 83.8 cm³/mol. The van der Waals surface area contributed by atoms with Gasteiger partial charge >= 0.3 is 0 Å². The van der Waals surface area contributed by atoms with Gasteiger partial charge in [-0.05, 0) is 31.2 Å². The fourth-order valence-electron chi connectivity index (χ4n) is 2.72. The SMILES string of the molecule is CSC1(CNC(=O)c2ccnc(CN)c2)CCCCC1. The van der Waals surface area contributed by atoms with Crippen molar-refractivity contribution in [2.75, 3.05) is 12.8 Å². The summed E-state index contributed by atoms with van der Waals surface area (Å²) in [6.07, 6.45) is 10.0. The fourth-order valence-corrected chi connectivity index (χ4v) is 3.64. The van der Waals surface area contributed by atoms with Crippen molar-refractivity contribution in [3.8, 4) is 0 Å². The molecular formula is C15H23N3OS. The first-order valence-electron chi connectivity index (χ1n) is 7.17. The monoisotopic (exact) mass is 293 g/mol. The summed E-state index contributed by atoms with van der Waals surface area (Å²) in [7, 11) is 0. The molecule has 1 aromatic rings. The van der Waals surface area contributed by atoms with Crippen molar-refractivity contribution in [2.45, 2.75) is 43.4 Å². The Morgan fingerprint density at radius 2 is 2.20 bits per heavy atom. The molecule has 20 heavy (non-hydrogen) atoms. The number of amides is 1. The third kappa shape index (κ3) is 3.73. The fraction of sp³-hybridized carbons (Fsp3) is 0.600. The van der Waals surface area contributed by atoms with E-state index in [1.54, 1.807) is 18.3 Å². The van der Waals surface area contributed by atoms with Gasteiger partial charge in [0, 0.05) is 29.6 Å². The van der Waals surface area contributed by atoms with Crippen LogP contribution in [0.15, 0.2) is 18.3 Å². The van der Waals surface area contributed by atoms with Crippen LogP contribution >= 0.6 is 11.8 Å². The maximum absolute atomic E-state index is 12.2. The van der Waals surface area contributed by atoms with Crippen LogP contribution in [-0.2, 0) is 6.54 Å². The molecule has 1 aromatic heterocycles. The number of hydrogen-bond acceptors (Lipinski definition) is 4. The Hall–Kier alpha value is -1.07. The van der Waals surface area contributed by atoms with Crippen LogP contribution in [0.5, 0.6) is 0 Å². The maximum atomic E-state index is 12.2. The summed E-state index contributed by atoms with van der Waals surface area (Å²) in [6.45, 7) is 1.10. The van der Waals surface area contributed by atoms with E-state index >= 15 is 0 Å². The molecule has 110 valence electrons. The number of carbonyl (C=O) groups excluding carboxylic acids is 1. The molecule has 1 saturated carbocycles. The Morgan fingerprint density at radius 1 is 1.45 bits per heavy atom. The Kier molecular flexibility index (Phi) is 5.43. The molecule has 0 unspecified atom stereocenters. The van der Waals surface area contributed by atoms with Crippen LogP contribution in [0.2, 0.25) is 0 Å². The molecule has 2 rings (SSSR count). The lowest BCUT2D eigenvalue weighted by molar-refractivity contribution is 0.0946. The number of aromatic nitrogens is 1. The van der Waals surface area contributed by atoms with Crippen LogP contribution in [-0.4, -0.2) is 28.4 Å². The molecule has 0 aliphatic heterocycles. The topological polar surface area (TPSA) is 68.0 Å². The lowest BCUT2D eigenvalue weighted by Gasteiger charge is -2.35. The van der Waals surface area contributed by atoms with E-state index < -0.39 is 0 Å². The quantitative estimate of drug-likeness (QED) is 0.874. The molecule has 0 saturated heterocycles. The van der Waals surface area contributed by atoms with E-state index in [-0.39, 0.29) is 10.7 Å². The zero-order valence-corrected chi connectivity index (χ0v) is 12.8. The molecule has 0 bridgehead atoms. The van der Waals surface area contributed by atoms with Gasteiger partial charge in [-0.2, -0.15) is 11.8 Å². The number of pyridine rings is 1. The molecule has 0 spiro atoms. The predicted octanol–water partition coefficient (Wildman–Crippen LogP) is 2.34. The van der Waals surface area contributed by atoms with E-state index in [1.807, 2.05) is 11.8 Å². The standard InChI is InChI=1S/C15H23N3OS/c1-20-15(6-3-2-4-7-15)11-18-14(19)12-5-8-17-13(9-12)10-16/h5,8-9H,2-4,6-7,10-11,16H2,1H3,(H,18,19). The minimum atomic E-state index is -0.0268. The number of nitrogens with two attached hydrogens (primary N) is 1. The molecule has 1 amide bonds. The molecule has 0 atom stereocenters. The second kappa shape index (κ2) is 7.09. The first kappa shape index (κ1) is 15.3. The number of carbonyl (C=O) groups is 1. The average molecular weight is 293 g/mol. The molecule has 1 aliphatic carbocycles.